The number of aliphatic carboxylic acids is 1. The van der Waals surface area contributed by atoms with Crippen LogP contribution in [0.5, 0.6) is 5.75 Å². The normalized spacial score (nSPS) is 17.6. The molecule has 12 nitrogen and oxygen atoms in total. The van der Waals surface area contributed by atoms with Gasteiger partial charge in [0.05, 0.1) is 12.5 Å². The highest BCUT2D eigenvalue weighted by atomic mass is 32.2. The third kappa shape index (κ3) is 8.41. The van der Waals surface area contributed by atoms with Crippen molar-refractivity contribution >= 4 is 41.4 Å². The van der Waals surface area contributed by atoms with E-state index in [2.05, 4.69) is 10.6 Å². The van der Waals surface area contributed by atoms with Crippen LogP contribution in [0.1, 0.15) is 31.2 Å². The van der Waals surface area contributed by atoms with E-state index in [9.17, 15) is 34.2 Å². The molecule has 1 aromatic rings. The third-order valence-electron chi connectivity index (χ3n) is 5.81. The van der Waals surface area contributed by atoms with E-state index < -0.39 is 60.2 Å². The fraction of sp³-hybridized carbons (Fsp3) is 0.522. The topological polar surface area (TPSA) is 205 Å². The van der Waals surface area contributed by atoms with Crippen molar-refractivity contribution in [3.05, 3.63) is 29.8 Å². The Kier molecular flexibility index (Phi) is 11.0. The zero-order valence-corrected chi connectivity index (χ0v) is 20.8. The maximum atomic E-state index is 13.5. The third-order valence-corrected chi connectivity index (χ3v) is 6.46. The minimum atomic E-state index is -1.26. The van der Waals surface area contributed by atoms with Gasteiger partial charge in [-0.25, -0.2) is 4.79 Å². The Hall–Kier alpha value is -3.32. The largest absolute Gasteiger partial charge is 0.508 e. The number of likely N-dealkylation sites (tertiary alicyclic amines) is 1. The average Bonchev–Trinajstić information content (AvgIpc) is 3.31. The van der Waals surface area contributed by atoms with E-state index >= 15 is 0 Å². The number of carbonyl (C=O) groups excluding carboxylic acids is 4. The summed E-state index contributed by atoms with van der Waals surface area (Å²) in [5.41, 5.74) is 11.5. The second kappa shape index (κ2) is 13.7. The van der Waals surface area contributed by atoms with Crippen LogP contribution in [-0.4, -0.2) is 87.4 Å². The number of carboxylic acids is 1. The van der Waals surface area contributed by atoms with Crippen molar-refractivity contribution in [2.45, 2.75) is 56.3 Å². The number of primary amides is 1. The van der Waals surface area contributed by atoms with E-state index in [-0.39, 0.29) is 25.1 Å². The summed E-state index contributed by atoms with van der Waals surface area (Å²) < 4.78 is 0. The number of phenolic OH excluding ortho intramolecular Hbond substituents is 1. The number of thioether (sulfide) groups is 1. The van der Waals surface area contributed by atoms with Crippen molar-refractivity contribution in [3.8, 4) is 5.75 Å². The molecule has 4 amide bonds. The minimum Gasteiger partial charge on any atom is -0.508 e. The Morgan fingerprint density at radius 1 is 1.14 bits per heavy atom. The van der Waals surface area contributed by atoms with Gasteiger partial charge in [0, 0.05) is 13.0 Å². The van der Waals surface area contributed by atoms with Gasteiger partial charge in [-0.3, -0.25) is 19.2 Å². The number of hydrogen-bond donors (Lipinski definition) is 6. The minimum absolute atomic E-state index is 0.0277. The summed E-state index contributed by atoms with van der Waals surface area (Å²) in [4.78, 5) is 63.1. The van der Waals surface area contributed by atoms with E-state index in [1.807, 2.05) is 6.26 Å². The predicted octanol–water partition coefficient (Wildman–Crippen LogP) is -1.06. The molecule has 0 aliphatic carbocycles. The zero-order valence-electron chi connectivity index (χ0n) is 20.0. The Bertz CT molecular complexity index is 959. The zero-order chi connectivity index (χ0) is 26.8. The lowest BCUT2D eigenvalue weighted by Gasteiger charge is -2.30. The highest BCUT2D eigenvalue weighted by Gasteiger charge is 2.39. The highest BCUT2D eigenvalue weighted by Crippen LogP contribution is 2.21. The molecule has 0 radical (unpaired) electrons. The second-order valence-electron chi connectivity index (χ2n) is 8.58. The fourth-order valence-electron chi connectivity index (χ4n) is 3.92. The summed E-state index contributed by atoms with van der Waals surface area (Å²) >= 11 is 1.46. The number of carboxylic acid groups (broad SMARTS) is 1. The number of hydrogen-bond acceptors (Lipinski definition) is 8. The first-order chi connectivity index (χ1) is 17.0. The van der Waals surface area contributed by atoms with Gasteiger partial charge in [0.25, 0.3) is 0 Å². The van der Waals surface area contributed by atoms with Crippen LogP contribution in [0.25, 0.3) is 0 Å². The van der Waals surface area contributed by atoms with Gasteiger partial charge >= 0.3 is 5.97 Å². The smallest absolute Gasteiger partial charge is 0.326 e. The first kappa shape index (κ1) is 28.9. The molecule has 1 aliphatic rings. The highest BCUT2D eigenvalue weighted by molar-refractivity contribution is 7.98. The second-order valence-corrected chi connectivity index (χ2v) is 9.56. The van der Waals surface area contributed by atoms with Gasteiger partial charge in [0.15, 0.2) is 0 Å². The summed E-state index contributed by atoms with van der Waals surface area (Å²) in [5.74, 6) is -3.24. The van der Waals surface area contributed by atoms with Gasteiger partial charge in [-0.2, -0.15) is 11.8 Å². The number of phenols is 1. The maximum Gasteiger partial charge on any atom is 0.326 e. The van der Waals surface area contributed by atoms with Gasteiger partial charge in [-0.1, -0.05) is 12.1 Å². The molecule has 0 spiro atoms. The van der Waals surface area contributed by atoms with Crippen LogP contribution in [0, 0.1) is 0 Å². The molecule has 4 unspecified atom stereocenters. The van der Waals surface area contributed by atoms with Crippen molar-refractivity contribution in [2.24, 2.45) is 11.5 Å². The van der Waals surface area contributed by atoms with Crippen LogP contribution >= 0.6 is 11.8 Å². The summed E-state index contributed by atoms with van der Waals surface area (Å²) in [6.45, 7) is 0.245. The summed E-state index contributed by atoms with van der Waals surface area (Å²) in [7, 11) is 0. The molecule has 1 heterocycles. The lowest BCUT2D eigenvalue weighted by molar-refractivity contribution is -0.145. The summed E-state index contributed by atoms with van der Waals surface area (Å²) in [6, 6.07) is 1.68. The number of amides is 4. The van der Waals surface area contributed by atoms with Gasteiger partial charge < -0.3 is 37.2 Å². The summed E-state index contributed by atoms with van der Waals surface area (Å²) in [6.07, 6.45) is 2.55. The molecule has 36 heavy (non-hydrogen) atoms. The number of nitrogens with one attached hydrogen (secondary N) is 2. The van der Waals surface area contributed by atoms with Crippen LogP contribution in [0.15, 0.2) is 24.3 Å². The van der Waals surface area contributed by atoms with Crippen molar-refractivity contribution < 1.29 is 34.2 Å². The Morgan fingerprint density at radius 2 is 1.81 bits per heavy atom. The molecule has 4 atom stereocenters. The van der Waals surface area contributed by atoms with Crippen molar-refractivity contribution in [1.82, 2.24) is 15.5 Å². The number of carbonyl (C=O) groups is 5. The molecular weight excluding hydrogens is 490 g/mol. The van der Waals surface area contributed by atoms with E-state index in [4.69, 9.17) is 11.5 Å². The van der Waals surface area contributed by atoms with Gasteiger partial charge in [-0.05, 0) is 49.0 Å². The number of nitrogens with zero attached hydrogens (tertiary/aromatic N) is 1. The van der Waals surface area contributed by atoms with Crippen molar-refractivity contribution in [1.29, 1.82) is 0 Å². The Labute approximate surface area is 213 Å². The Balaban J connectivity index is 2.21. The van der Waals surface area contributed by atoms with Crippen molar-refractivity contribution in [3.63, 3.8) is 0 Å². The fourth-order valence-corrected chi connectivity index (χ4v) is 4.39. The van der Waals surface area contributed by atoms with Crippen LogP contribution in [0.3, 0.4) is 0 Å². The number of aromatic hydroxyl groups is 1. The van der Waals surface area contributed by atoms with E-state index in [1.165, 1.54) is 28.8 Å². The molecule has 0 aromatic heterocycles. The van der Waals surface area contributed by atoms with E-state index in [0.717, 1.165) is 0 Å². The standard InChI is InChI=1S/C23H33N5O7S/c1-36-10-8-16(23(34)35)26-21(32)18-3-2-9-28(18)22(33)17(11-13-4-6-14(29)7-5-13)27-20(31)15(24)12-19(25)30/h4-7,15-18,29H,2-3,8-12,24H2,1H3,(H2,25,30)(H,26,32)(H,27,31)(H,34,35). The molecule has 1 saturated heterocycles. The SMILES string of the molecule is CSCCC(NC(=O)C1CCCN1C(=O)C(Cc1ccc(O)cc1)NC(=O)C(N)CC(N)=O)C(=O)O. The van der Waals surface area contributed by atoms with Gasteiger partial charge in [0.1, 0.15) is 23.9 Å². The molecule has 2 rings (SSSR count). The average molecular weight is 524 g/mol. The molecule has 1 fully saturated rings. The lowest BCUT2D eigenvalue weighted by Crippen LogP contribution is -2.57. The van der Waals surface area contributed by atoms with E-state index in [1.54, 1.807) is 12.1 Å². The molecule has 1 aliphatic heterocycles. The van der Waals surface area contributed by atoms with Crippen molar-refractivity contribution in [2.75, 3.05) is 18.6 Å². The molecular formula is C23H33N5O7S. The number of benzene rings is 1. The molecule has 0 saturated carbocycles. The predicted molar refractivity (Wildman–Crippen MR) is 133 cm³/mol. The molecule has 198 valence electrons. The quantitative estimate of drug-likeness (QED) is 0.186. The maximum absolute atomic E-state index is 13.5. The van der Waals surface area contributed by atoms with Gasteiger partial charge in [-0.15, -0.1) is 0 Å². The molecule has 1 aromatic carbocycles. The Morgan fingerprint density at radius 3 is 2.39 bits per heavy atom. The summed E-state index contributed by atoms with van der Waals surface area (Å²) in [5, 5.41) is 24.1. The molecule has 13 heteroatoms. The van der Waals surface area contributed by atoms with Gasteiger partial charge in [0.2, 0.25) is 23.6 Å². The number of nitrogens with two attached hydrogens (primary N) is 2. The molecule has 8 N–H and O–H groups in total. The first-order valence-electron chi connectivity index (χ1n) is 11.5. The van der Waals surface area contributed by atoms with Crippen LogP contribution in [0.2, 0.25) is 0 Å². The molecule has 0 bridgehead atoms. The monoisotopic (exact) mass is 523 g/mol. The van der Waals surface area contributed by atoms with Crippen LogP contribution in [0.4, 0.5) is 0 Å². The van der Waals surface area contributed by atoms with E-state index in [0.29, 0.717) is 24.2 Å². The first-order valence-corrected chi connectivity index (χ1v) is 12.9. The lowest BCUT2D eigenvalue weighted by atomic mass is 10.0. The van der Waals surface area contributed by atoms with Crippen LogP contribution in [-0.2, 0) is 30.4 Å². The van der Waals surface area contributed by atoms with Crippen LogP contribution < -0.4 is 22.1 Å². The number of rotatable bonds is 13.